The fourth-order valence-electron chi connectivity index (χ4n) is 14.2. The van der Waals surface area contributed by atoms with E-state index in [9.17, 15) is 34.8 Å². The summed E-state index contributed by atoms with van der Waals surface area (Å²) in [6, 6.07) is 30.3. The molecule has 10 N–H and O–H groups in total. The van der Waals surface area contributed by atoms with E-state index in [0.717, 1.165) is 0 Å². The molecule has 2 saturated carbocycles. The van der Waals surface area contributed by atoms with Crippen LogP contribution in [0.1, 0.15) is 98.5 Å². The maximum absolute atomic E-state index is 14.0. The number of nitrogens with one attached hydrogen (secondary N) is 6. The van der Waals surface area contributed by atoms with Gasteiger partial charge in [0.1, 0.15) is 24.4 Å². The largest absolute Gasteiger partial charge is 0.388 e. The first-order valence-corrected chi connectivity index (χ1v) is 30.1. The van der Waals surface area contributed by atoms with Gasteiger partial charge in [-0.3, -0.25) is 9.59 Å². The molecule has 23 nitrogen and oxygen atoms in total. The zero-order chi connectivity index (χ0) is 58.9. The molecule has 0 unspecified atom stereocenters. The number of carbonyl (C=O) groups excluding carboxylic acids is 3. The number of anilines is 4. The average Bonchev–Trinajstić information content (AvgIpc) is 2.87. The zero-order valence-electron chi connectivity index (χ0n) is 47.8. The number of aromatic nitrogens is 8. The predicted molar refractivity (Wildman–Crippen MR) is 324 cm³/mol. The second-order valence-corrected chi connectivity index (χ2v) is 23.7. The van der Waals surface area contributed by atoms with Crippen molar-refractivity contribution in [2.45, 2.75) is 125 Å². The van der Waals surface area contributed by atoms with Crippen molar-refractivity contribution in [1.82, 2.24) is 60.3 Å². The van der Waals surface area contributed by atoms with Crippen molar-refractivity contribution < 1.29 is 34.8 Å². The third kappa shape index (κ3) is 9.84. The third-order valence-corrected chi connectivity index (χ3v) is 18.7. The molecule has 10 atom stereocenters. The van der Waals surface area contributed by atoms with Crippen molar-refractivity contribution in [1.29, 1.82) is 0 Å². The van der Waals surface area contributed by atoms with Gasteiger partial charge in [-0.25, -0.2) is 14.8 Å². The summed E-state index contributed by atoms with van der Waals surface area (Å²) >= 11 is 0. The first-order valence-electron chi connectivity index (χ1n) is 30.1. The van der Waals surface area contributed by atoms with Gasteiger partial charge in [0.25, 0.3) is 0 Å². The fourth-order valence-corrected chi connectivity index (χ4v) is 14.2. The third-order valence-electron chi connectivity index (χ3n) is 18.7. The topological polar surface area (TPSA) is 298 Å². The molecule has 0 radical (unpaired) electrons. The van der Waals surface area contributed by atoms with Gasteiger partial charge in [0.05, 0.1) is 36.8 Å². The van der Waals surface area contributed by atoms with Gasteiger partial charge >= 0.3 is 6.03 Å². The van der Waals surface area contributed by atoms with Crippen LogP contribution in [0.4, 0.5) is 28.3 Å². The Bertz CT molecular complexity index is 3570. The number of urea groups is 1. The van der Waals surface area contributed by atoms with Gasteiger partial charge in [-0.1, -0.05) is 111 Å². The van der Waals surface area contributed by atoms with Crippen LogP contribution in [0.25, 0.3) is 44.6 Å². The standard InChI is InChI=1S/C63H70N16O7/c1-3-49(80)70-45-25-47(55(84)53(45)82)78-31-66-51-57(64-27-43-39-17-9-5-13-35(39)36-14-6-10-18-40(36)43)72-61(74-59(51)78)76-23-21-33(29-76)68-63(86)69-34-22-24-77(30-34)62-73-58(65-28-44-41-19-11-7-15-37(41)38-16-8-12-20-42(38)44)52-60(75-62)79(32-67-52)48-26-46(54(83)56(48)85)71-50(81)4-2/h5-20,31-34,43-48,53-56,82-85H,3-4,21-30H2,1-2H3,(H,70,80)(H,71,81)(H,64,72,74)(H,65,73,75)(H2,68,69,86)/t33-,34+,45-,46-,47+,48+,53+,54+,55-,56-/m0/s1. The van der Waals surface area contributed by atoms with E-state index in [1.54, 1.807) is 35.6 Å². The van der Waals surface area contributed by atoms with E-state index >= 15 is 0 Å². The molecule has 23 heteroatoms. The highest BCUT2D eigenvalue weighted by Crippen LogP contribution is 2.47. The normalized spacial score (nSPS) is 24.9. The monoisotopic (exact) mass is 1160 g/mol. The van der Waals surface area contributed by atoms with Crippen LogP contribution < -0.4 is 41.7 Å². The second kappa shape index (κ2) is 22.6. The minimum atomic E-state index is -1.20. The number of aliphatic hydroxyl groups is 4. The van der Waals surface area contributed by atoms with Crippen molar-refractivity contribution in [3.05, 3.63) is 132 Å². The molecule has 8 aromatic rings. The van der Waals surface area contributed by atoms with Crippen molar-refractivity contribution in [3.8, 4) is 22.3 Å². The van der Waals surface area contributed by atoms with E-state index in [2.05, 4.69) is 129 Å². The summed E-state index contributed by atoms with van der Waals surface area (Å²) in [7, 11) is 0. The number of imidazole rings is 2. The van der Waals surface area contributed by atoms with E-state index in [4.69, 9.17) is 29.9 Å². The Morgan fingerprint density at radius 3 is 1.24 bits per heavy atom. The van der Waals surface area contributed by atoms with E-state index in [0.29, 0.717) is 98.0 Å². The quantitative estimate of drug-likeness (QED) is 0.0628. The number of benzene rings is 4. The molecule has 4 aliphatic carbocycles. The summed E-state index contributed by atoms with van der Waals surface area (Å²) in [5.74, 6) is 1.48. The molecular formula is C63H70N16O7. The van der Waals surface area contributed by atoms with Gasteiger partial charge in [-0.2, -0.15) is 19.9 Å². The molecule has 0 bridgehead atoms. The summed E-state index contributed by atoms with van der Waals surface area (Å²) in [6.07, 6.45) is 0.678. The van der Waals surface area contributed by atoms with E-state index in [-0.39, 0.29) is 67.4 Å². The Hall–Kier alpha value is -8.77. The Balaban J connectivity index is 0.689. The number of fused-ring (bicyclic) bond motifs is 8. The van der Waals surface area contributed by atoms with Gasteiger partial charge in [-0.05, 0) is 70.2 Å². The predicted octanol–water partition coefficient (Wildman–Crippen LogP) is 4.69. The van der Waals surface area contributed by atoms with Gasteiger partial charge in [-0.15, -0.1) is 0 Å². The lowest BCUT2D eigenvalue weighted by Gasteiger charge is -2.22. The molecule has 2 aliphatic heterocycles. The number of aliphatic hydroxyl groups excluding tert-OH is 4. The van der Waals surface area contributed by atoms with Gasteiger partial charge in [0.2, 0.25) is 23.7 Å². The Morgan fingerprint density at radius 1 is 0.500 bits per heavy atom. The fraction of sp³-hybridized carbons (Fsp3) is 0.413. The van der Waals surface area contributed by atoms with Gasteiger partial charge in [0.15, 0.2) is 34.0 Å². The van der Waals surface area contributed by atoms with Gasteiger partial charge in [0, 0.05) is 76.0 Å². The van der Waals surface area contributed by atoms with Crippen LogP contribution in [0.15, 0.2) is 110 Å². The lowest BCUT2D eigenvalue weighted by atomic mass is 9.97. The lowest BCUT2D eigenvalue weighted by molar-refractivity contribution is -0.123. The molecule has 14 rings (SSSR count). The molecular weight excluding hydrogens is 1090 g/mol. The highest BCUT2D eigenvalue weighted by atomic mass is 16.3. The molecule has 86 heavy (non-hydrogen) atoms. The first kappa shape index (κ1) is 55.1. The molecule has 0 spiro atoms. The Labute approximate surface area is 495 Å². The number of hydrogen-bond donors (Lipinski definition) is 10. The van der Waals surface area contributed by atoms with Crippen LogP contribution in [0.2, 0.25) is 0 Å². The molecule has 444 valence electrons. The van der Waals surface area contributed by atoms with Crippen molar-refractivity contribution in [3.63, 3.8) is 0 Å². The molecule has 6 heterocycles. The molecule has 4 amide bonds. The van der Waals surface area contributed by atoms with E-state index in [1.165, 1.54) is 44.5 Å². The number of rotatable bonds is 16. The van der Waals surface area contributed by atoms with Crippen molar-refractivity contribution in [2.24, 2.45) is 0 Å². The molecule has 2 saturated heterocycles. The minimum absolute atomic E-state index is 0.0299. The van der Waals surface area contributed by atoms with E-state index in [1.807, 2.05) is 9.80 Å². The van der Waals surface area contributed by atoms with Crippen LogP contribution in [0.3, 0.4) is 0 Å². The number of hydrogen-bond acceptors (Lipinski definition) is 17. The summed E-state index contributed by atoms with van der Waals surface area (Å²) in [4.78, 5) is 73.0. The number of amides is 4. The highest BCUT2D eigenvalue weighted by Gasteiger charge is 2.46. The maximum Gasteiger partial charge on any atom is 0.315 e. The highest BCUT2D eigenvalue weighted by molar-refractivity contribution is 5.87. The van der Waals surface area contributed by atoms with Crippen molar-refractivity contribution >= 4 is 63.7 Å². The number of nitrogens with zero attached hydrogens (tertiary/aromatic N) is 10. The summed E-state index contributed by atoms with van der Waals surface area (Å²) in [5, 5.41) is 64.7. The Kier molecular flexibility index (Phi) is 14.5. The minimum Gasteiger partial charge on any atom is -0.388 e. The Morgan fingerprint density at radius 2 is 0.872 bits per heavy atom. The van der Waals surface area contributed by atoms with Crippen LogP contribution in [-0.4, -0.2) is 165 Å². The van der Waals surface area contributed by atoms with Gasteiger partial charge < -0.3 is 71.3 Å². The molecule has 4 aromatic carbocycles. The van der Waals surface area contributed by atoms with Crippen LogP contribution in [0, 0.1) is 0 Å². The summed E-state index contributed by atoms with van der Waals surface area (Å²) in [6.45, 7) is 6.41. The first-order chi connectivity index (χ1) is 41.9. The lowest BCUT2D eigenvalue weighted by Crippen LogP contribution is -2.48. The number of carbonyl (C=O) groups is 3. The summed E-state index contributed by atoms with van der Waals surface area (Å²) in [5.41, 5.74) is 11.6. The SMILES string of the molecule is CCC(=O)N[C@H]1C[C@@H](n2cnc3c(NCC4c5ccccc5-c5ccccc54)nc(N4CC[C@@H](NC(=O)N[C@H]5CCN(c6nc(NCC7c8ccccc8-c8ccccc87)c7ncn([C@@H]8C[C@H](NC(=O)CC)[C@@H](O)[C@H]8O)c7n6)C5)C4)nc32)[C@H](O)[C@@H]1O. The maximum atomic E-state index is 14.0. The zero-order valence-corrected chi connectivity index (χ0v) is 47.8. The van der Waals surface area contributed by atoms with E-state index < -0.39 is 48.6 Å². The molecule has 4 aromatic heterocycles. The van der Waals surface area contributed by atoms with Crippen molar-refractivity contribution in [2.75, 3.05) is 59.7 Å². The summed E-state index contributed by atoms with van der Waals surface area (Å²) < 4.78 is 3.56. The average molecular weight is 1160 g/mol. The second-order valence-electron chi connectivity index (χ2n) is 23.7. The smallest absolute Gasteiger partial charge is 0.315 e. The van der Waals surface area contributed by atoms with Crippen LogP contribution >= 0.6 is 0 Å². The van der Waals surface area contributed by atoms with Crippen LogP contribution in [0.5, 0.6) is 0 Å². The van der Waals surface area contributed by atoms with Crippen LogP contribution in [-0.2, 0) is 9.59 Å². The molecule has 6 aliphatic rings. The molecule has 4 fully saturated rings.